The number of halogens is 1. The average molecular weight is 567 g/mol. The minimum absolute atomic E-state index is 0.251. The van der Waals surface area contributed by atoms with Crippen molar-refractivity contribution in [3.05, 3.63) is 81.7 Å². The number of hydrazone groups is 1. The molecule has 4 rings (SSSR count). The maximum absolute atomic E-state index is 12.3. The van der Waals surface area contributed by atoms with Gasteiger partial charge in [0, 0.05) is 16.3 Å². The van der Waals surface area contributed by atoms with Gasteiger partial charge in [-0.1, -0.05) is 23.7 Å². The van der Waals surface area contributed by atoms with E-state index in [0.29, 0.717) is 33.6 Å². The first-order chi connectivity index (χ1) is 19.2. The summed E-state index contributed by atoms with van der Waals surface area (Å²) in [6.45, 7) is 3.21. The number of carbonyl (C=O) groups is 3. The number of nitrogens with zero attached hydrogens (tertiary/aromatic N) is 1. The quantitative estimate of drug-likeness (QED) is 0.200. The van der Waals surface area contributed by atoms with Crippen LogP contribution in [0.5, 0.6) is 11.5 Å². The zero-order chi connectivity index (χ0) is 28.8. The monoisotopic (exact) mass is 566 g/mol. The molecule has 0 spiro atoms. The molecule has 3 aromatic rings. The molecule has 208 valence electrons. The van der Waals surface area contributed by atoms with Crippen LogP contribution in [0.4, 0.5) is 4.79 Å². The highest BCUT2D eigenvalue weighted by atomic mass is 35.5. The highest BCUT2D eigenvalue weighted by molar-refractivity contribution is 6.30. The predicted molar refractivity (Wildman–Crippen MR) is 147 cm³/mol. The number of esters is 1. The number of allylic oxidation sites excluding steroid dienone is 1. The van der Waals surface area contributed by atoms with Crippen LogP contribution in [0.1, 0.15) is 29.9 Å². The number of carbonyl (C=O) groups excluding carboxylic acids is 3. The second-order valence-electron chi connectivity index (χ2n) is 8.72. The number of rotatable bonds is 9. The fourth-order valence-corrected chi connectivity index (χ4v) is 4.25. The van der Waals surface area contributed by atoms with Gasteiger partial charge in [0.15, 0.2) is 18.1 Å². The van der Waals surface area contributed by atoms with Crippen molar-refractivity contribution in [3.8, 4) is 22.8 Å². The third-order valence-electron chi connectivity index (χ3n) is 6.03. The molecule has 0 aliphatic carbocycles. The molecule has 1 aromatic heterocycles. The number of aryl methyl sites for hydroxylation is 1. The maximum Gasteiger partial charge on any atom is 0.337 e. The fourth-order valence-electron chi connectivity index (χ4n) is 4.08. The summed E-state index contributed by atoms with van der Waals surface area (Å²) in [5.74, 6) is 0.531. The van der Waals surface area contributed by atoms with Gasteiger partial charge in [-0.15, -0.1) is 0 Å². The first-order valence-electron chi connectivity index (χ1n) is 12.1. The summed E-state index contributed by atoms with van der Waals surface area (Å²) >= 11 is 6.09. The van der Waals surface area contributed by atoms with Crippen molar-refractivity contribution in [2.75, 3.05) is 20.8 Å². The molecular weight excluding hydrogens is 540 g/mol. The molecule has 11 nitrogen and oxygen atoms in total. The van der Waals surface area contributed by atoms with Gasteiger partial charge in [0.25, 0.3) is 5.91 Å². The predicted octanol–water partition coefficient (Wildman–Crippen LogP) is 4.25. The molecule has 0 fully saturated rings. The van der Waals surface area contributed by atoms with E-state index in [2.05, 4.69) is 21.2 Å². The van der Waals surface area contributed by atoms with E-state index >= 15 is 0 Å². The van der Waals surface area contributed by atoms with Crippen molar-refractivity contribution >= 4 is 35.7 Å². The Labute approximate surface area is 235 Å². The Morgan fingerprint density at radius 3 is 2.65 bits per heavy atom. The van der Waals surface area contributed by atoms with Gasteiger partial charge in [0.1, 0.15) is 11.5 Å². The molecule has 0 saturated heterocycles. The number of methoxy groups -OCH3 is 2. The van der Waals surface area contributed by atoms with Crippen molar-refractivity contribution in [2.45, 2.75) is 19.9 Å². The van der Waals surface area contributed by atoms with Crippen LogP contribution >= 0.6 is 11.6 Å². The Bertz CT molecular complexity index is 1510. The summed E-state index contributed by atoms with van der Waals surface area (Å²) in [4.78, 5) is 36.7. The summed E-state index contributed by atoms with van der Waals surface area (Å²) in [7, 11) is 2.69. The number of amides is 3. The van der Waals surface area contributed by atoms with Gasteiger partial charge in [0.2, 0.25) is 0 Å². The van der Waals surface area contributed by atoms with E-state index in [0.717, 1.165) is 11.1 Å². The Hall–Kier alpha value is -4.77. The molecule has 0 unspecified atom stereocenters. The molecule has 0 radical (unpaired) electrons. The number of furan rings is 1. The average Bonchev–Trinajstić information content (AvgIpc) is 3.41. The Morgan fingerprint density at radius 2 is 1.90 bits per heavy atom. The number of ether oxygens (including phenoxy) is 3. The second-order valence-corrected chi connectivity index (χ2v) is 9.15. The molecular formula is C28H27ClN4O7. The van der Waals surface area contributed by atoms with Gasteiger partial charge >= 0.3 is 12.0 Å². The molecule has 40 heavy (non-hydrogen) atoms. The van der Waals surface area contributed by atoms with E-state index in [4.69, 9.17) is 30.2 Å². The summed E-state index contributed by atoms with van der Waals surface area (Å²) < 4.78 is 21.7. The third kappa shape index (κ3) is 6.44. The van der Waals surface area contributed by atoms with Crippen molar-refractivity contribution in [1.29, 1.82) is 0 Å². The summed E-state index contributed by atoms with van der Waals surface area (Å²) in [5, 5.41) is 9.78. The minimum Gasteiger partial charge on any atom is -0.493 e. The van der Waals surface area contributed by atoms with Crippen LogP contribution in [0.3, 0.4) is 0 Å². The van der Waals surface area contributed by atoms with Crippen molar-refractivity contribution in [1.82, 2.24) is 16.1 Å². The number of hydrogen-bond donors (Lipinski definition) is 3. The lowest BCUT2D eigenvalue weighted by Crippen LogP contribution is -2.45. The maximum atomic E-state index is 12.3. The van der Waals surface area contributed by atoms with Crippen molar-refractivity contribution in [2.24, 2.45) is 5.10 Å². The third-order valence-corrected chi connectivity index (χ3v) is 6.26. The van der Waals surface area contributed by atoms with Gasteiger partial charge in [-0.3, -0.25) is 4.79 Å². The van der Waals surface area contributed by atoms with E-state index in [-0.39, 0.29) is 17.9 Å². The zero-order valence-corrected chi connectivity index (χ0v) is 22.9. The zero-order valence-electron chi connectivity index (χ0n) is 22.2. The highest BCUT2D eigenvalue weighted by Gasteiger charge is 2.32. The van der Waals surface area contributed by atoms with E-state index < -0.39 is 23.9 Å². The van der Waals surface area contributed by atoms with Gasteiger partial charge in [0.05, 0.1) is 32.0 Å². The topological polar surface area (TPSA) is 140 Å². The molecule has 3 amide bonds. The molecule has 0 saturated carbocycles. The molecule has 1 aliphatic rings. The van der Waals surface area contributed by atoms with Crippen LogP contribution in [-0.4, -0.2) is 44.9 Å². The second kappa shape index (κ2) is 12.4. The Balaban J connectivity index is 1.38. The summed E-state index contributed by atoms with van der Waals surface area (Å²) in [6, 6.07) is 12.6. The summed E-state index contributed by atoms with van der Waals surface area (Å²) in [6.07, 6.45) is 1.37. The van der Waals surface area contributed by atoms with Crippen molar-refractivity contribution < 1.29 is 33.0 Å². The molecule has 2 aromatic carbocycles. The van der Waals surface area contributed by atoms with Crippen molar-refractivity contribution in [3.63, 3.8) is 0 Å². The van der Waals surface area contributed by atoms with E-state index in [1.807, 2.05) is 19.1 Å². The molecule has 12 heteroatoms. The number of hydrogen-bond acceptors (Lipinski definition) is 8. The first kappa shape index (κ1) is 28.2. The van der Waals surface area contributed by atoms with Crippen LogP contribution in [0.25, 0.3) is 11.3 Å². The molecule has 1 atom stereocenters. The van der Waals surface area contributed by atoms with Crippen LogP contribution < -0.4 is 25.5 Å². The van der Waals surface area contributed by atoms with Crippen LogP contribution in [0.15, 0.2) is 69.3 Å². The number of nitrogens with one attached hydrogen (secondary N) is 3. The van der Waals surface area contributed by atoms with E-state index in [1.165, 1.54) is 20.4 Å². The molecule has 3 N–H and O–H groups in total. The van der Waals surface area contributed by atoms with Gasteiger partial charge in [-0.25, -0.2) is 15.0 Å². The van der Waals surface area contributed by atoms with Crippen LogP contribution in [0.2, 0.25) is 5.02 Å². The van der Waals surface area contributed by atoms with Gasteiger partial charge in [-0.05, 0) is 61.4 Å². The largest absolute Gasteiger partial charge is 0.493 e. The summed E-state index contributed by atoms with van der Waals surface area (Å²) in [5.41, 5.74) is 5.43. The molecule has 1 aliphatic heterocycles. The Kier molecular flexibility index (Phi) is 8.75. The molecule has 2 heterocycles. The smallest absolute Gasteiger partial charge is 0.337 e. The normalized spacial score (nSPS) is 14.9. The lowest BCUT2D eigenvalue weighted by molar-refractivity contribution is -0.136. The van der Waals surface area contributed by atoms with Gasteiger partial charge < -0.3 is 29.3 Å². The lowest BCUT2D eigenvalue weighted by atomic mass is 9.95. The number of benzene rings is 2. The van der Waals surface area contributed by atoms with E-state index in [1.54, 1.807) is 43.3 Å². The fraction of sp³-hybridized carbons (Fsp3) is 0.214. The van der Waals surface area contributed by atoms with E-state index in [9.17, 15) is 14.4 Å². The van der Waals surface area contributed by atoms with Crippen LogP contribution in [-0.2, 0) is 14.3 Å². The molecule has 0 bridgehead atoms. The highest BCUT2D eigenvalue weighted by Crippen LogP contribution is 2.34. The minimum atomic E-state index is -0.772. The lowest BCUT2D eigenvalue weighted by Gasteiger charge is -2.28. The number of urea groups is 1. The standard InChI is InChI=1S/C28H27ClN4O7/c1-15-5-7-18(29)12-20(15)21-10-8-19(40-21)13-30-33-24(34)14-39-22-9-6-17(11-23(22)37-3)26-25(27(35)38-4)16(2)31-28(36)32-26/h5-13,26H,14H2,1-4H3,(H,33,34)(H2,31,32,36)/b30-13-/t26-/m0/s1. The SMILES string of the molecule is COC(=O)C1=C(C)NC(=O)N[C@H]1c1ccc(OCC(=O)N/N=C\c2ccc(-c3cc(Cl)ccc3C)o2)c(OC)c1. The Morgan fingerprint density at radius 1 is 1.10 bits per heavy atom. The first-order valence-corrected chi connectivity index (χ1v) is 12.4. The van der Waals surface area contributed by atoms with Crippen LogP contribution in [0, 0.1) is 6.92 Å². The van der Waals surface area contributed by atoms with Gasteiger partial charge in [-0.2, -0.15) is 5.10 Å².